The molecule has 0 saturated heterocycles. The smallest absolute Gasteiger partial charge is 0.335 e. The topological polar surface area (TPSA) is 49.3 Å². The molecule has 2 N–H and O–H groups in total. The first kappa shape index (κ1) is 15.7. The lowest BCUT2D eigenvalue weighted by molar-refractivity contribution is 0.0696. The van der Waals surface area contributed by atoms with E-state index in [-0.39, 0.29) is 0 Å². The molecule has 0 aromatic heterocycles. The second kappa shape index (κ2) is 7.96. The van der Waals surface area contributed by atoms with E-state index in [2.05, 4.69) is 33.4 Å². The van der Waals surface area contributed by atoms with Gasteiger partial charge in [-0.05, 0) is 35.2 Å². The molecular weight excluding hydrogens is 330 g/mol. The van der Waals surface area contributed by atoms with Crippen LogP contribution in [0.2, 0.25) is 0 Å². The van der Waals surface area contributed by atoms with Gasteiger partial charge in [-0.25, -0.2) is 4.79 Å². The number of rotatable bonds is 7. The van der Waals surface area contributed by atoms with Crippen molar-refractivity contribution in [3.63, 3.8) is 0 Å². The zero-order valence-electron chi connectivity index (χ0n) is 11.7. The molecule has 0 fully saturated rings. The van der Waals surface area contributed by atoms with Crippen molar-refractivity contribution in [2.24, 2.45) is 0 Å². The standard InChI is InChI=1S/C17H18BrNO2/c18-9-8-14-6-7-15(17(20)21)10-16(14)12-19-11-13-4-2-1-3-5-13/h1-7,10,19H,8-9,11-12H2,(H,20,21). The lowest BCUT2D eigenvalue weighted by atomic mass is 10.0. The van der Waals surface area contributed by atoms with E-state index < -0.39 is 5.97 Å². The first-order valence-electron chi connectivity index (χ1n) is 6.86. The fourth-order valence-corrected chi connectivity index (χ4v) is 2.63. The molecule has 0 radical (unpaired) electrons. The van der Waals surface area contributed by atoms with Crippen LogP contribution in [0.25, 0.3) is 0 Å². The van der Waals surface area contributed by atoms with Gasteiger partial charge < -0.3 is 10.4 Å². The number of carboxylic acids is 1. The molecular formula is C17H18BrNO2. The van der Waals surface area contributed by atoms with Gasteiger partial charge in [0.05, 0.1) is 5.56 Å². The predicted octanol–water partition coefficient (Wildman–Crippen LogP) is 3.61. The Morgan fingerprint density at radius 1 is 1.05 bits per heavy atom. The molecule has 0 saturated carbocycles. The normalized spacial score (nSPS) is 10.5. The number of carboxylic acid groups (broad SMARTS) is 1. The highest BCUT2D eigenvalue weighted by Crippen LogP contribution is 2.14. The monoisotopic (exact) mass is 347 g/mol. The Kier molecular flexibility index (Phi) is 5.96. The van der Waals surface area contributed by atoms with Crippen LogP contribution < -0.4 is 5.32 Å². The molecule has 3 nitrogen and oxygen atoms in total. The van der Waals surface area contributed by atoms with Gasteiger partial charge in [-0.2, -0.15) is 0 Å². The number of alkyl halides is 1. The summed E-state index contributed by atoms with van der Waals surface area (Å²) in [6.45, 7) is 1.43. The largest absolute Gasteiger partial charge is 0.478 e. The summed E-state index contributed by atoms with van der Waals surface area (Å²) in [6.07, 6.45) is 0.891. The minimum atomic E-state index is -0.885. The summed E-state index contributed by atoms with van der Waals surface area (Å²) in [7, 11) is 0. The first-order chi connectivity index (χ1) is 10.2. The van der Waals surface area contributed by atoms with Gasteiger partial charge in [0, 0.05) is 18.4 Å². The molecule has 2 rings (SSSR count). The summed E-state index contributed by atoms with van der Waals surface area (Å²) < 4.78 is 0. The van der Waals surface area contributed by atoms with Crippen LogP contribution >= 0.6 is 15.9 Å². The predicted molar refractivity (Wildman–Crippen MR) is 87.9 cm³/mol. The van der Waals surface area contributed by atoms with Crippen molar-refractivity contribution in [1.29, 1.82) is 0 Å². The molecule has 0 atom stereocenters. The van der Waals surface area contributed by atoms with Crippen molar-refractivity contribution >= 4 is 21.9 Å². The Morgan fingerprint density at radius 3 is 2.48 bits per heavy atom. The average molecular weight is 348 g/mol. The Morgan fingerprint density at radius 2 is 1.81 bits per heavy atom. The summed E-state index contributed by atoms with van der Waals surface area (Å²) in [5.41, 5.74) is 3.78. The van der Waals surface area contributed by atoms with E-state index in [0.29, 0.717) is 12.1 Å². The highest BCUT2D eigenvalue weighted by Gasteiger charge is 2.08. The van der Waals surface area contributed by atoms with Crippen LogP contribution in [-0.2, 0) is 19.5 Å². The first-order valence-corrected chi connectivity index (χ1v) is 7.98. The second-order valence-corrected chi connectivity index (χ2v) is 5.61. The molecule has 2 aromatic rings. The number of carbonyl (C=O) groups is 1. The number of halogens is 1. The van der Waals surface area contributed by atoms with Crippen LogP contribution in [0.15, 0.2) is 48.5 Å². The third kappa shape index (κ3) is 4.69. The molecule has 110 valence electrons. The number of nitrogens with one attached hydrogen (secondary N) is 1. The Bertz CT molecular complexity index is 599. The third-order valence-electron chi connectivity index (χ3n) is 3.30. The summed E-state index contributed by atoms with van der Waals surface area (Å²) in [6, 6.07) is 15.5. The van der Waals surface area contributed by atoms with Crippen LogP contribution in [0.3, 0.4) is 0 Å². The Hall–Kier alpha value is -1.65. The molecule has 21 heavy (non-hydrogen) atoms. The molecule has 0 heterocycles. The van der Waals surface area contributed by atoms with Gasteiger partial charge in [0.1, 0.15) is 0 Å². The highest BCUT2D eigenvalue weighted by atomic mass is 79.9. The van der Waals surface area contributed by atoms with Gasteiger partial charge in [0.15, 0.2) is 0 Å². The minimum Gasteiger partial charge on any atom is -0.478 e. The Labute approximate surface area is 133 Å². The molecule has 2 aromatic carbocycles. The van der Waals surface area contributed by atoms with Gasteiger partial charge in [-0.3, -0.25) is 0 Å². The summed E-state index contributed by atoms with van der Waals surface area (Å²) in [4.78, 5) is 11.1. The lowest BCUT2D eigenvalue weighted by Gasteiger charge is -2.11. The zero-order valence-corrected chi connectivity index (χ0v) is 13.3. The van der Waals surface area contributed by atoms with Gasteiger partial charge in [0.25, 0.3) is 0 Å². The average Bonchev–Trinajstić information content (AvgIpc) is 2.50. The van der Waals surface area contributed by atoms with E-state index in [1.54, 1.807) is 12.1 Å². The summed E-state index contributed by atoms with van der Waals surface area (Å²) in [5, 5.41) is 13.3. The van der Waals surface area contributed by atoms with Crippen LogP contribution in [-0.4, -0.2) is 16.4 Å². The number of aromatic carboxylic acids is 1. The molecule has 0 spiro atoms. The summed E-state index contributed by atoms with van der Waals surface area (Å²) >= 11 is 3.44. The van der Waals surface area contributed by atoms with Crippen molar-refractivity contribution in [3.8, 4) is 0 Å². The number of hydrogen-bond donors (Lipinski definition) is 2. The van der Waals surface area contributed by atoms with E-state index in [1.807, 2.05) is 24.3 Å². The number of benzene rings is 2. The third-order valence-corrected chi connectivity index (χ3v) is 3.70. The SMILES string of the molecule is O=C(O)c1ccc(CCBr)c(CNCc2ccccc2)c1. The molecule has 0 aliphatic carbocycles. The van der Waals surface area contributed by atoms with E-state index in [1.165, 1.54) is 11.1 Å². The highest BCUT2D eigenvalue weighted by molar-refractivity contribution is 9.09. The minimum absolute atomic E-state index is 0.338. The van der Waals surface area contributed by atoms with Crippen molar-refractivity contribution in [2.45, 2.75) is 19.5 Å². The second-order valence-electron chi connectivity index (χ2n) is 4.82. The molecule has 4 heteroatoms. The maximum atomic E-state index is 11.1. The lowest BCUT2D eigenvalue weighted by Crippen LogP contribution is -2.15. The Balaban J connectivity index is 2.06. The van der Waals surface area contributed by atoms with Crippen molar-refractivity contribution in [3.05, 3.63) is 70.8 Å². The van der Waals surface area contributed by atoms with E-state index in [9.17, 15) is 4.79 Å². The van der Waals surface area contributed by atoms with E-state index in [0.717, 1.165) is 23.9 Å². The zero-order chi connectivity index (χ0) is 15.1. The molecule has 0 unspecified atom stereocenters. The summed E-state index contributed by atoms with van der Waals surface area (Å²) in [5.74, 6) is -0.885. The maximum absolute atomic E-state index is 11.1. The fraction of sp³-hybridized carbons (Fsp3) is 0.235. The fourth-order valence-electron chi connectivity index (χ4n) is 2.21. The van der Waals surface area contributed by atoms with Gasteiger partial charge in [0.2, 0.25) is 0 Å². The van der Waals surface area contributed by atoms with Crippen LogP contribution in [0.1, 0.15) is 27.0 Å². The molecule has 0 amide bonds. The van der Waals surface area contributed by atoms with Crippen molar-refractivity contribution in [2.75, 3.05) is 5.33 Å². The molecule has 0 aliphatic heterocycles. The number of aryl methyl sites for hydroxylation is 1. The number of hydrogen-bond acceptors (Lipinski definition) is 2. The van der Waals surface area contributed by atoms with Crippen molar-refractivity contribution < 1.29 is 9.90 Å². The molecule has 0 aliphatic rings. The maximum Gasteiger partial charge on any atom is 0.335 e. The van der Waals surface area contributed by atoms with Crippen molar-refractivity contribution in [1.82, 2.24) is 5.32 Å². The van der Waals surface area contributed by atoms with Gasteiger partial charge >= 0.3 is 5.97 Å². The van der Waals surface area contributed by atoms with Crippen LogP contribution in [0.4, 0.5) is 0 Å². The molecule has 0 bridgehead atoms. The van der Waals surface area contributed by atoms with E-state index in [4.69, 9.17) is 5.11 Å². The van der Waals surface area contributed by atoms with Crippen LogP contribution in [0.5, 0.6) is 0 Å². The van der Waals surface area contributed by atoms with Crippen LogP contribution in [0, 0.1) is 0 Å². The van der Waals surface area contributed by atoms with Gasteiger partial charge in [-0.15, -0.1) is 0 Å². The van der Waals surface area contributed by atoms with Gasteiger partial charge in [-0.1, -0.05) is 52.3 Å². The quantitative estimate of drug-likeness (QED) is 0.752. The van der Waals surface area contributed by atoms with E-state index >= 15 is 0 Å².